The molecule has 1 aliphatic rings. The highest BCUT2D eigenvalue weighted by Crippen LogP contribution is 2.30. The van der Waals surface area contributed by atoms with Crippen molar-refractivity contribution in [3.63, 3.8) is 0 Å². The number of primary amides is 1. The minimum Gasteiger partial charge on any atom is -0.451 e. The number of piperazine rings is 1. The van der Waals surface area contributed by atoms with Crippen molar-refractivity contribution in [2.45, 2.75) is 19.0 Å². The topological polar surface area (TPSA) is 86.2 Å². The number of furan rings is 1. The first-order chi connectivity index (χ1) is 17.0. The zero-order chi connectivity index (χ0) is 24.6. The molecule has 0 bridgehead atoms. The molecule has 182 valence electrons. The quantitative estimate of drug-likeness (QED) is 0.291. The number of carbonyl (C=O) groups excluding carboxylic acids is 1. The molecule has 3 N–H and O–H groups in total. The third-order valence-electron chi connectivity index (χ3n) is 6.03. The maximum absolute atomic E-state index is 10.8. The fourth-order valence-corrected chi connectivity index (χ4v) is 4.37. The van der Waals surface area contributed by atoms with Gasteiger partial charge in [0.05, 0.1) is 19.1 Å². The van der Waals surface area contributed by atoms with Crippen molar-refractivity contribution >= 4 is 17.6 Å². The van der Waals surface area contributed by atoms with Crippen molar-refractivity contribution in [3.8, 4) is 11.8 Å². The third kappa shape index (κ3) is 6.87. The molecule has 0 radical (unpaired) electrons. The zero-order valence-electron chi connectivity index (χ0n) is 19.4. The van der Waals surface area contributed by atoms with Crippen molar-refractivity contribution in [1.82, 2.24) is 14.9 Å². The van der Waals surface area contributed by atoms with E-state index in [0.717, 1.165) is 43.5 Å². The van der Waals surface area contributed by atoms with Crippen molar-refractivity contribution in [1.29, 1.82) is 0 Å². The predicted octanol–water partition coefficient (Wildman–Crippen LogP) is 4.35. The first kappa shape index (κ1) is 24.8. The van der Waals surface area contributed by atoms with Gasteiger partial charge in [-0.1, -0.05) is 60.0 Å². The van der Waals surface area contributed by atoms with Gasteiger partial charge in [-0.05, 0) is 41.3 Å². The molecule has 2 heterocycles. The van der Waals surface area contributed by atoms with Crippen LogP contribution in [0.4, 0.5) is 4.79 Å². The zero-order valence-corrected chi connectivity index (χ0v) is 20.2. The average Bonchev–Trinajstić information content (AvgIpc) is 3.32. The minimum atomic E-state index is -0.893. The second-order valence-corrected chi connectivity index (χ2v) is 8.89. The molecule has 1 atom stereocenters. The van der Waals surface area contributed by atoms with Gasteiger partial charge in [-0.2, -0.15) is 0 Å². The Balaban J connectivity index is 1.34. The van der Waals surface area contributed by atoms with Gasteiger partial charge in [-0.3, -0.25) is 15.0 Å². The highest BCUT2D eigenvalue weighted by molar-refractivity contribution is 6.30. The Labute approximate surface area is 210 Å². The van der Waals surface area contributed by atoms with E-state index < -0.39 is 6.03 Å². The summed E-state index contributed by atoms with van der Waals surface area (Å²) in [6.45, 7) is 4.51. The lowest BCUT2D eigenvalue weighted by atomic mass is 9.96. The van der Waals surface area contributed by atoms with Crippen LogP contribution in [0.15, 0.2) is 71.1 Å². The third-order valence-corrected chi connectivity index (χ3v) is 6.28. The maximum atomic E-state index is 10.8. The highest BCUT2D eigenvalue weighted by atomic mass is 35.5. The number of nitrogens with zero attached hydrogens (tertiary/aromatic N) is 3. The summed E-state index contributed by atoms with van der Waals surface area (Å²) < 4.78 is 5.86. The molecule has 0 aliphatic carbocycles. The van der Waals surface area contributed by atoms with Crippen LogP contribution in [0.1, 0.15) is 35.1 Å². The summed E-state index contributed by atoms with van der Waals surface area (Å²) in [6, 6.07) is 21.8. The summed E-state index contributed by atoms with van der Waals surface area (Å²) in [4.78, 5) is 15.7. The summed E-state index contributed by atoms with van der Waals surface area (Å²) in [5.74, 6) is 7.22. The Hall–Kier alpha value is -3.28. The van der Waals surface area contributed by atoms with Gasteiger partial charge < -0.3 is 10.2 Å². The van der Waals surface area contributed by atoms with Gasteiger partial charge >= 0.3 is 6.03 Å². The Kier molecular flexibility index (Phi) is 8.45. The van der Waals surface area contributed by atoms with Gasteiger partial charge in [0, 0.05) is 37.6 Å². The molecule has 0 spiro atoms. The molecule has 0 saturated carbocycles. The van der Waals surface area contributed by atoms with E-state index in [4.69, 9.17) is 21.8 Å². The SMILES string of the molecule is NC(=O)N(O)CCC#Cc1ccc(CN2CCN([C@@H](c3ccccc3)c3ccc(Cl)cc3)CC2)o1. The molecule has 7 nitrogen and oxygen atoms in total. The molecule has 1 saturated heterocycles. The largest absolute Gasteiger partial charge is 0.451 e. The van der Waals surface area contributed by atoms with Crippen LogP contribution in [0.25, 0.3) is 0 Å². The molecule has 2 aromatic carbocycles. The smallest absolute Gasteiger partial charge is 0.338 e. The van der Waals surface area contributed by atoms with Gasteiger partial charge in [0.2, 0.25) is 0 Å². The normalized spacial score (nSPS) is 15.3. The fraction of sp³-hybridized carbons (Fsp3) is 0.296. The summed E-state index contributed by atoms with van der Waals surface area (Å²) in [5, 5.41) is 10.4. The number of hydrogen-bond acceptors (Lipinski definition) is 5. The molecule has 4 rings (SSSR count). The molecule has 2 amide bonds. The van der Waals surface area contributed by atoms with Gasteiger partial charge in [0.1, 0.15) is 5.76 Å². The van der Waals surface area contributed by atoms with E-state index in [1.165, 1.54) is 11.1 Å². The van der Waals surface area contributed by atoms with Crippen LogP contribution >= 0.6 is 11.6 Å². The van der Waals surface area contributed by atoms with Crippen LogP contribution < -0.4 is 5.73 Å². The van der Waals surface area contributed by atoms with E-state index in [1.807, 2.05) is 30.3 Å². The number of carbonyl (C=O) groups is 1. The minimum absolute atomic E-state index is 0.0557. The Morgan fingerprint density at radius 1 is 1.03 bits per heavy atom. The molecule has 3 aromatic rings. The Morgan fingerprint density at radius 3 is 2.40 bits per heavy atom. The second kappa shape index (κ2) is 11.9. The number of benzene rings is 2. The lowest BCUT2D eigenvalue weighted by molar-refractivity contribution is -0.0372. The molecular weight excluding hydrogens is 464 g/mol. The first-order valence-corrected chi connectivity index (χ1v) is 12.0. The summed E-state index contributed by atoms with van der Waals surface area (Å²) in [6.07, 6.45) is 0.299. The van der Waals surface area contributed by atoms with E-state index in [1.54, 1.807) is 0 Å². The van der Waals surface area contributed by atoms with E-state index >= 15 is 0 Å². The number of urea groups is 1. The molecule has 1 aromatic heterocycles. The van der Waals surface area contributed by atoms with Crippen molar-refractivity contribution in [2.24, 2.45) is 5.73 Å². The van der Waals surface area contributed by atoms with Crippen LogP contribution in [0.3, 0.4) is 0 Å². The van der Waals surface area contributed by atoms with E-state index in [0.29, 0.717) is 17.2 Å². The van der Waals surface area contributed by atoms with E-state index in [2.05, 4.69) is 58.0 Å². The summed E-state index contributed by atoms with van der Waals surface area (Å²) >= 11 is 6.14. The fourth-order valence-electron chi connectivity index (χ4n) is 4.25. The van der Waals surface area contributed by atoms with Crippen LogP contribution in [-0.2, 0) is 6.54 Å². The average molecular weight is 493 g/mol. The van der Waals surface area contributed by atoms with E-state index in [-0.39, 0.29) is 12.6 Å². The Morgan fingerprint density at radius 2 is 1.71 bits per heavy atom. The van der Waals surface area contributed by atoms with Gasteiger partial charge in [0.15, 0.2) is 5.76 Å². The van der Waals surface area contributed by atoms with Crippen molar-refractivity contribution in [2.75, 3.05) is 32.7 Å². The number of rotatable bonds is 7. The monoisotopic (exact) mass is 492 g/mol. The number of hydrogen-bond donors (Lipinski definition) is 2. The maximum Gasteiger partial charge on any atom is 0.338 e. The molecule has 35 heavy (non-hydrogen) atoms. The van der Waals surface area contributed by atoms with E-state index in [9.17, 15) is 10.0 Å². The predicted molar refractivity (Wildman–Crippen MR) is 135 cm³/mol. The van der Waals surface area contributed by atoms with Crippen LogP contribution in [0, 0.1) is 11.8 Å². The lowest BCUT2D eigenvalue weighted by Gasteiger charge is -2.39. The van der Waals surface area contributed by atoms with Crippen LogP contribution in [-0.4, -0.2) is 58.8 Å². The molecule has 1 fully saturated rings. The van der Waals surface area contributed by atoms with Crippen molar-refractivity contribution < 1.29 is 14.4 Å². The second-order valence-electron chi connectivity index (χ2n) is 8.46. The summed E-state index contributed by atoms with van der Waals surface area (Å²) in [7, 11) is 0. The highest BCUT2D eigenvalue weighted by Gasteiger charge is 2.26. The Bertz CT molecular complexity index is 1160. The lowest BCUT2D eigenvalue weighted by Crippen LogP contribution is -2.47. The van der Waals surface area contributed by atoms with Gasteiger partial charge in [-0.15, -0.1) is 0 Å². The van der Waals surface area contributed by atoms with Crippen LogP contribution in [0.2, 0.25) is 5.02 Å². The molecule has 8 heteroatoms. The molecule has 1 aliphatic heterocycles. The molecular formula is C27H29ClN4O3. The summed E-state index contributed by atoms with van der Waals surface area (Å²) in [5.41, 5.74) is 7.48. The first-order valence-electron chi connectivity index (χ1n) is 11.6. The number of amides is 2. The van der Waals surface area contributed by atoms with Crippen LogP contribution in [0.5, 0.6) is 0 Å². The number of hydroxylamine groups is 2. The van der Waals surface area contributed by atoms with Gasteiger partial charge in [-0.25, -0.2) is 9.86 Å². The van der Waals surface area contributed by atoms with Gasteiger partial charge in [0.25, 0.3) is 0 Å². The standard InChI is InChI=1S/C27H29ClN4O3/c28-23-11-9-22(10-12-23)26(21-6-2-1-3-7-21)31-18-16-30(17-19-31)20-25-14-13-24(35-25)8-4-5-15-32(34)27(29)33/h1-3,6-7,9-14,26,34H,5,15-20H2,(H2,29,33)/t26-/m0/s1. The molecule has 0 unspecified atom stereocenters. The number of halogens is 1. The van der Waals surface area contributed by atoms with Crippen molar-refractivity contribution in [3.05, 3.63) is 94.4 Å². The number of nitrogens with two attached hydrogens (primary N) is 1.